The van der Waals surface area contributed by atoms with E-state index in [1.165, 1.54) is 0 Å². The molecule has 1 aromatic heterocycles. The van der Waals surface area contributed by atoms with Gasteiger partial charge in [-0.25, -0.2) is 27.9 Å². The molecular weight excluding hydrogens is 233 g/mol. The van der Waals surface area contributed by atoms with Gasteiger partial charge in [-0.1, -0.05) is 6.42 Å². The van der Waals surface area contributed by atoms with Crippen molar-refractivity contribution in [3.8, 4) is 0 Å². The molecule has 5 nitrogen and oxygen atoms in total. The lowest BCUT2D eigenvalue weighted by Crippen LogP contribution is -2.31. The molecule has 0 saturated heterocycles. The van der Waals surface area contributed by atoms with Crippen LogP contribution in [0.3, 0.4) is 0 Å². The molecule has 1 fully saturated rings. The number of sulfonamides is 1. The van der Waals surface area contributed by atoms with Gasteiger partial charge in [0, 0.05) is 5.92 Å². The topological polar surface area (TPSA) is 85.9 Å². The molecule has 1 aromatic rings. The second kappa shape index (κ2) is 4.06. The minimum Gasteiger partial charge on any atom is -0.238 e. The van der Waals surface area contributed by atoms with E-state index in [-0.39, 0.29) is 5.92 Å². The Morgan fingerprint density at radius 1 is 1.31 bits per heavy atom. The average molecular weight is 245 g/mol. The molecule has 0 bridgehead atoms. The molecule has 0 amide bonds. The third-order valence-electron chi connectivity index (χ3n) is 2.85. The van der Waals surface area contributed by atoms with Crippen LogP contribution >= 0.6 is 0 Å². The second-order valence-corrected chi connectivity index (χ2v) is 5.71. The van der Waals surface area contributed by atoms with Crippen LogP contribution < -0.4 is 5.14 Å². The van der Waals surface area contributed by atoms with E-state index in [2.05, 4.69) is 9.97 Å². The Kier molecular flexibility index (Phi) is 2.90. The summed E-state index contributed by atoms with van der Waals surface area (Å²) >= 11 is 0. The van der Waals surface area contributed by atoms with Crippen molar-refractivity contribution < 1.29 is 12.8 Å². The zero-order valence-electron chi connectivity index (χ0n) is 8.51. The number of nitrogens with zero attached hydrogens (tertiary/aromatic N) is 2. The zero-order valence-corrected chi connectivity index (χ0v) is 9.32. The molecule has 88 valence electrons. The third-order valence-corrected chi connectivity index (χ3v) is 4.25. The maximum absolute atomic E-state index is 12.6. The predicted octanol–water partition coefficient (Wildman–Crippen LogP) is 0.540. The fourth-order valence-electron chi connectivity index (χ4n) is 2.13. The van der Waals surface area contributed by atoms with Crippen molar-refractivity contribution in [1.29, 1.82) is 0 Å². The smallest absolute Gasteiger partial charge is 0.212 e. The second-order valence-electron chi connectivity index (χ2n) is 3.92. The minimum absolute atomic E-state index is 0.310. The quantitative estimate of drug-likeness (QED) is 0.824. The van der Waals surface area contributed by atoms with Crippen LogP contribution in [0.15, 0.2) is 12.4 Å². The molecule has 0 radical (unpaired) electrons. The molecular formula is C9H12FN3O2S. The number of halogens is 1. The van der Waals surface area contributed by atoms with Crippen molar-refractivity contribution in [2.24, 2.45) is 5.14 Å². The van der Waals surface area contributed by atoms with Crippen molar-refractivity contribution in [3.63, 3.8) is 0 Å². The van der Waals surface area contributed by atoms with Crippen LogP contribution in [0.5, 0.6) is 0 Å². The van der Waals surface area contributed by atoms with Gasteiger partial charge in [0.05, 0.1) is 17.6 Å². The normalized spacial score (nSPS) is 25.9. The molecule has 7 heteroatoms. The van der Waals surface area contributed by atoms with Crippen LogP contribution in [-0.2, 0) is 10.0 Å². The van der Waals surface area contributed by atoms with Gasteiger partial charge in [0.1, 0.15) is 5.82 Å². The van der Waals surface area contributed by atoms with Crippen molar-refractivity contribution in [1.82, 2.24) is 9.97 Å². The first-order chi connectivity index (χ1) is 7.48. The molecule has 0 aromatic carbocycles. The van der Waals surface area contributed by atoms with Gasteiger partial charge in [0.2, 0.25) is 10.0 Å². The standard InChI is InChI=1S/C9H12FN3O2S/c10-6-4-12-9(13-5-6)7-2-1-3-8(7)16(11,14)15/h4-5,7-8H,1-3H2,(H2,11,14,15)/t7-,8+/m0/s1. The Morgan fingerprint density at radius 2 is 1.94 bits per heavy atom. The molecule has 0 aliphatic heterocycles. The highest BCUT2D eigenvalue weighted by molar-refractivity contribution is 7.89. The molecule has 0 spiro atoms. The van der Waals surface area contributed by atoms with Gasteiger partial charge in [-0.2, -0.15) is 0 Å². The van der Waals surface area contributed by atoms with E-state index in [0.29, 0.717) is 18.7 Å². The Balaban J connectivity index is 2.30. The summed E-state index contributed by atoms with van der Waals surface area (Å²) in [4.78, 5) is 7.64. The molecule has 1 heterocycles. The lowest BCUT2D eigenvalue weighted by molar-refractivity contribution is 0.559. The summed E-state index contributed by atoms with van der Waals surface area (Å²) in [5.74, 6) is -0.484. The number of primary sulfonamides is 1. The number of hydrogen-bond acceptors (Lipinski definition) is 4. The fraction of sp³-hybridized carbons (Fsp3) is 0.556. The zero-order chi connectivity index (χ0) is 11.8. The van der Waals surface area contributed by atoms with Crippen LogP contribution in [0.1, 0.15) is 31.0 Å². The summed E-state index contributed by atoms with van der Waals surface area (Å²) < 4.78 is 35.3. The highest BCUT2D eigenvalue weighted by Gasteiger charge is 2.37. The Labute approximate surface area is 93.0 Å². The Bertz CT molecular complexity index is 474. The van der Waals surface area contributed by atoms with Gasteiger partial charge >= 0.3 is 0 Å². The summed E-state index contributed by atoms with van der Waals surface area (Å²) in [7, 11) is -3.58. The first-order valence-electron chi connectivity index (χ1n) is 4.97. The van der Waals surface area contributed by atoms with Crippen LogP contribution in [-0.4, -0.2) is 23.6 Å². The van der Waals surface area contributed by atoms with Crippen LogP contribution in [0.25, 0.3) is 0 Å². The van der Waals surface area contributed by atoms with E-state index < -0.39 is 21.1 Å². The van der Waals surface area contributed by atoms with E-state index in [0.717, 1.165) is 18.8 Å². The molecule has 1 aliphatic rings. The Morgan fingerprint density at radius 3 is 2.50 bits per heavy atom. The molecule has 2 atom stereocenters. The summed E-state index contributed by atoms with van der Waals surface area (Å²) in [5.41, 5.74) is 0. The molecule has 1 saturated carbocycles. The number of hydrogen-bond donors (Lipinski definition) is 1. The maximum atomic E-state index is 12.6. The molecule has 2 N–H and O–H groups in total. The predicted molar refractivity (Wildman–Crippen MR) is 55.5 cm³/mol. The Hall–Kier alpha value is -1.08. The lowest BCUT2D eigenvalue weighted by atomic mass is 10.1. The number of aromatic nitrogens is 2. The fourth-order valence-corrected chi connectivity index (χ4v) is 3.34. The highest BCUT2D eigenvalue weighted by Crippen LogP contribution is 2.36. The van der Waals surface area contributed by atoms with Crippen molar-refractivity contribution in [2.75, 3.05) is 0 Å². The van der Waals surface area contributed by atoms with E-state index >= 15 is 0 Å². The van der Waals surface area contributed by atoms with E-state index in [9.17, 15) is 12.8 Å². The first-order valence-corrected chi connectivity index (χ1v) is 6.58. The number of nitrogens with two attached hydrogens (primary N) is 1. The van der Waals surface area contributed by atoms with Crippen LogP contribution in [0.4, 0.5) is 4.39 Å². The first kappa shape index (κ1) is 11.4. The van der Waals surface area contributed by atoms with Crippen molar-refractivity contribution in [2.45, 2.75) is 30.4 Å². The third kappa shape index (κ3) is 2.19. The van der Waals surface area contributed by atoms with Crippen LogP contribution in [0.2, 0.25) is 0 Å². The average Bonchev–Trinajstić information content (AvgIpc) is 2.66. The van der Waals surface area contributed by atoms with Gasteiger partial charge in [0.25, 0.3) is 0 Å². The molecule has 0 unspecified atom stereocenters. The number of rotatable bonds is 2. The minimum atomic E-state index is -3.58. The summed E-state index contributed by atoms with van der Waals surface area (Å²) in [6.45, 7) is 0. The van der Waals surface area contributed by atoms with Gasteiger partial charge in [-0.3, -0.25) is 0 Å². The van der Waals surface area contributed by atoms with E-state index in [4.69, 9.17) is 5.14 Å². The molecule has 1 aliphatic carbocycles. The summed E-state index contributed by atoms with van der Waals surface area (Å²) in [6.07, 6.45) is 4.05. The van der Waals surface area contributed by atoms with Gasteiger partial charge in [-0.15, -0.1) is 0 Å². The lowest BCUT2D eigenvalue weighted by Gasteiger charge is -2.15. The highest BCUT2D eigenvalue weighted by atomic mass is 32.2. The van der Waals surface area contributed by atoms with Gasteiger partial charge in [0.15, 0.2) is 5.82 Å². The van der Waals surface area contributed by atoms with E-state index in [1.54, 1.807) is 0 Å². The largest absolute Gasteiger partial charge is 0.238 e. The monoisotopic (exact) mass is 245 g/mol. The van der Waals surface area contributed by atoms with Crippen molar-refractivity contribution in [3.05, 3.63) is 24.0 Å². The summed E-state index contributed by atoms with van der Waals surface area (Å²) in [6, 6.07) is 0. The van der Waals surface area contributed by atoms with Crippen molar-refractivity contribution >= 4 is 10.0 Å². The summed E-state index contributed by atoms with van der Waals surface area (Å²) in [5, 5.41) is 4.50. The maximum Gasteiger partial charge on any atom is 0.212 e. The molecule has 2 rings (SSSR count). The van der Waals surface area contributed by atoms with E-state index in [1.807, 2.05) is 0 Å². The SMILES string of the molecule is NS(=O)(=O)[C@@H]1CCC[C@@H]1c1ncc(F)cn1. The van der Waals surface area contributed by atoms with Gasteiger partial charge < -0.3 is 0 Å². The van der Waals surface area contributed by atoms with Gasteiger partial charge in [-0.05, 0) is 12.8 Å². The van der Waals surface area contributed by atoms with Crippen LogP contribution in [0, 0.1) is 5.82 Å². The molecule has 16 heavy (non-hydrogen) atoms.